The molecular formula is C16H14BrNO3. The van der Waals surface area contributed by atoms with Crippen molar-refractivity contribution >= 4 is 15.9 Å². The molecule has 2 rings (SSSR count). The van der Waals surface area contributed by atoms with Crippen molar-refractivity contribution in [1.29, 1.82) is 5.26 Å². The zero-order valence-electron chi connectivity index (χ0n) is 11.7. The Morgan fingerprint density at radius 3 is 2.14 bits per heavy atom. The highest BCUT2D eigenvalue weighted by molar-refractivity contribution is 9.08. The lowest BCUT2D eigenvalue weighted by molar-refractivity contribution is 0.386. The van der Waals surface area contributed by atoms with Gasteiger partial charge in [0.1, 0.15) is 29.1 Å². The lowest BCUT2D eigenvalue weighted by atomic mass is 10.1. The molecule has 21 heavy (non-hydrogen) atoms. The number of alkyl halides is 1. The molecule has 0 fully saturated rings. The highest BCUT2D eigenvalue weighted by atomic mass is 79.9. The average Bonchev–Trinajstić information content (AvgIpc) is 2.54. The first-order valence-electron chi connectivity index (χ1n) is 6.20. The third-order valence-electron chi connectivity index (χ3n) is 2.87. The Morgan fingerprint density at radius 1 is 1.00 bits per heavy atom. The van der Waals surface area contributed by atoms with E-state index in [-0.39, 0.29) is 0 Å². The number of ether oxygens (including phenoxy) is 3. The third kappa shape index (κ3) is 3.67. The van der Waals surface area contributed by atoms with E-state index in [0.29, 0.717) is 33.9 Å². The van der Waals surface area contributed by atoms with Crippen LogP contribution in [0.2, 0.25) is 0 Å². The van der Waals surface area contributed by atoms with Crippen LogP contribution < -0.4 is 14.2 Å². The van der Waals surface area contributed by atoms with Crippen molar-refractivity contribution in [3.63, 3.8) is 0 Å². The van der Waals surface area contributed by atoms with Gasteiger partial charge in [-0.2, -0.15) is 5.26 Å². The second-order valence-electron chi connectivity index (χ2n) is 4.23. The van der Waals surface area contributed by atoms with Crippen molar-refractivity contribution in [2.24, 2.45) is 0 Å². The first-order valence-corrected chi connectivity index (χ1v) is 7.32. The molecule has 0 saturated carbocycles. The number of benzene rings is 2. The van der Waals surface area contributed by atoms with E-state index in [4.69, 9.17) is 14.2 Å². The van der Waals surface area contributed by atoms with Gasteiger partial charge in [0, 0.05) is 23.5 Å². The van der Waals surface area contributed by atoms with Gasteiger partial charge in [-0.3, -0.25) is 0 Å². The zero-order valence-corrected chi connectivity index (χ0v) is 13.3. The van der Waals surface area contributed by atoms with Crippen molar-refractivity contribution < 1.29 is 14.2 Å². The fourth-order valence-electron chi connectivity index (χ4n) is 1.80. The maximum absolute atomic E-state index is 9.22. The molecule has 0 bridgehead atoms. The Labute approximate surface area is 132 Å². The van der Waals surface area contributed by atoms with Gasteiger partial charge in [0.2, 0.25) is 0 Å². The van der Waals surface area contributed by atoms with Gasteiger partial charge in [0.15, 0.2) is 0 Å². The number of halogens is 1. The standard InChI is InChI=1S/C16H14BrNO3/c1-19-13-6-14(20-2)8-15(7-13)21-16-4-3-11(9-17)5-12(16)10-18/h3-8H,9H2,1-2H3. The number of hydrogen-bond acceptors (Lipinski definition) is 4. The van der Waals surface area contributed by atoms with Gasteiger partial charge >= 0.3 is 0 Å². The molecule has 5 heteroatoms. The summed E-state index contributed by atoms with van der Waals surface area (Å²) in [5.74, 6) is 2.30. The second-order valence-corrected chi connectivity index (χ2v) is 4.79. The van der Waals surface area contributed by atoms with Crippen molar-refractivity contribution in [2.75, 3.05) is 14.2 Å². The van der Waals surface area contributed by atoms with Crippen molar-refractivity contribution in [3.05, 3.63) is 47.5 Å². The molecule has 0 unspecified atom stereocenters. The first kappa shape index (κ1) is 15.2. The van der Waals surface area contributed by atoms with Crippen LogP contribution in [0.15, 0.2) is 36.4 Å². The fraction of sp³-hybridized carbons (Fsp3) is 0.188. The third-order valence-corrected chi connectivity index (χ3v) is 3.52. The summed E-state index contributed by atoms with van der Waals surface area (Å²) in [7, 11) is 3.15. The Kier molecular flexibility index (Phi) is 5.07. The quantitative estimate of drug-likeness (QED) is 0.758. The second kappa shape index (κ2) is 7.00. The van der Waals surface area contributed by atoms with Crippen LogP contribution in [-0.2, 0) is 5.33 Å². The summed E-state index contributed by atoms with van der Waals surface area (Å²) < 4.78 is 16.2. The van der Waals surface area contributed by atoms with Gasteiger partial charge < -0.3 is 14.2 Å². The maximum atomic E-state index is 9.22. The van der Waals surface area contributed by atoms with Gasteiger partial charge in [0.05, 0.1) is 19.8 Å². The lowest BCUT2D eigenvalue weighted by Gasteiger charge is -2.11. The largest absolute Gasteiger partial charge is 0.496 e. The molecule has 108 valence electrons. The van der Waals surface area contributed by atoms with Crippen LogP contribution in [0.4, 0.5) is 0 Å². The highest BCUT2D eigenvalue weighted by Crippen LogP contribution is 2.32. The van der Waals surface area contributed by atoms with Crippen molar-refractivity contribution in [3.8, 4) is 29.1 Å². The van der Waals surface area contributed by atoms with E-state index in [1.165, 1.54) is 0 Å². The lowest BCUT2D eigenvalue weighted by Crippen LogP contribution is -1.92. The van der Waals surface area contributed by atoms with Crippen LogP contribution in [0.25, 0.3) is 0 Å². The number of nitrogens with zero attached hydrogens (tertiary/aromatic N) is 1. The van der Waals surface area contributed by atoms with Gasteiger partial charge in [-0.05, 0) is 17.7 Å². The molecule has 0 atom stereocenters. The molecule has 0 spiro atoms. The Morgan fingerprint density at radius 2 is 1.62 bits per heavy atom. The van der Waals surface area contributed by atoms with E-state index < -0.39 is 0 Å². The molecule has 0 N–H and O–H groups in total. The molecule has 0 saturated heterocycles. The van der Waals surface area contributed by atoms with Gasteiger partial charge in [0.25, 0.3) is 0 Å². The summed E-state index contributed by atoms with van der Waals surface area (Å²) in [5, 5.41) is 9.91. The van der Waals surface area contributed by atoms with Crippen LogP contribution >= 0.6 is 15.9 Å². The summed E-state index contributed by atoms with van der Waals surface area (Å²) in [5.41, 5.74) is 1.50. The number of methoxy groups -OCH3 is 2. The number of rotatable bonds is 5. The number of nitriles is 1. The summed E-state index contributed by atoms with van der Waals surface area (Å²) in [4.78, 5) is 0. The summed E-state index contributed by atoms with van der Waals surface area (Å²) in [6.45, 7) is 0. The SMILES string of the molecule is COc1cc(OC)cc(Oc2ccc(CBr)cc2C#N)c1. The molecule has 0 amide bonds. The minimum absolute atomic E-state index is 0.480. The predicted octanol–water partition coefficient (Wildman–Crippen LogP) is 4.26. The van der Waals surface area contributed by atoms with Crippen LogP contribution in [0, 0.1) is 11.3 Å². The van der Waals surface area contributed by atoms with Crippen LogP contribution in [0.5, 0.6) is 23.0 Å². The van der Waals surface area contributed by atoms with Crippen LogP contribution in [-0.4, -0.2) is 14.2 Å². The zero-order chi connectivity index (χ0) is 15.2. The minimum atomic E-state index is 0.480. The van der Waals surface area contributed by atoms with E-state index in [1.54, 1.807) is 44.6 Å². The topological polar surface area (TPSA) is 51.5 Å². The molecule has 0 aliphatic heterocycles. The smallest absolute Gasteiger partial charge is 0.145 e. The first-order chi connectivity index (χ1) is 10.2. The van der Waals surface area contributed by atoms with E-state index in [9.17, 15) is 5.26 Å². The Balaban J connectivity index is 2.36. The molecule has 2 aromatic rings. The normalized spacial score (nSPS) is 9.81. The summed E-state index contributed by atoms with van der Waals surface area (Å²) in [6.07, 6.45) is 0. The molecule has 2 aromatic carbocycles. The van der Waals surface area contributed by atoms with E-state index in [2.05, 4.69) is 22.0 Å². The predicted molar refractivity (Wildman–Crippen MR) is 83.4 cm³/mol. The highest BCUT2D eigenvalue weighted by Gasteiger charge is 2.08. The van der Waals surface area contributed by atoms with Gasteiger partial charge in [-0.15, -0.1) is 0 Å². The molecule has 0 heterocycles. The van der Waals surface area contributed by atoms with Gasteiger partial charge in [-0.25, -0.2) is 0 Å². The maximum Gasteiger partial charge on any atom is 0.145 e. The average molecular weight is 348 g/mol. The fourth-order valence-corrected chi connectivity index (χ4v) is 2.15. The molecule has 0 aromatic heterocycles. The molecular weight excluding hydrogens is 334 g/mol. The van der Waals surface area contributed by atoms with Crippen molar-refractivity contribution in [2.45, 2.75) is 5.33 Å². The van der Waals surface area contributed by atoms with Crippen LogP contribution in [0.1, 0.15) is 11.1 Å². The monoisotopic (exact) mass is 347 g/mol. The van der Waals surface area contributed by atoms with E-state index in [1.807, 2.05) is 6.07 Å². The summed E-state index contributed by atoms with van der Waals surface area (Å²) in [6, 6.07) is 12.8. The molecule has 0 aliphatic carbocycles. The Hall–Kier alpha value is -2.19. The van der Waals surface area contributed by atoms with E-state index in [0.717, 1.165) is 5.56 Å². The van der Waals surface area contributed by atoms with E-state index >= 15 is 0 Å². The molecule has 4 nitrogen and oxygen atoms in total. The van der Waals surface area contributed by atoms with Crippen molar-refractivity contribution in [1.82, 2.24) is 0 Å². The van der Waals surface area contributed by atoms with Crippen LogP contribution in [0.3, 0.4) is 0 Å². The minimum Gasteiger partial charge on any atom is -0.496 e. The van der Waals surface area contributed by atoms with Gasteiger partial charge in [-0.1, -0.05) is 22.0 Å². The Bertz CT molecular complexity index is 657. The summed E-state index contributed by atoms with van der Waals surface area (Å²) >= 11 is 3.37. The molecule has 0 radical (unpaired) electrons. The molecule has 0 aliphatic rings. The number of hydrogen-bond donors (Lipinski definition) is 0.